The van der Waals surface area contributed by atoms with E-state index in [2.05, 4.69) is 42.1 Å². The number of anilines is 1. The summed E-state index contributed by atoms with van der Waals surface area (Å²) in [5.41, 5.74) is 1.88. The van der Waals surface area contributed by atoms with E-state index in [0.717, 1.165) is 30.3 Å². The molecule has 5 heterocycles. The zero-order valence-corrected chi connectivity index (χ0v) is 16.6. The van der Waals surface area contributed by atoms with E-state index in [-0.39, 0.29) is 12.1 Å². The van der Waals surface area contributed by atoms with Gasteiger partial charge in [-0.05, 0) is 30.4 Å². The fraction of sp³-hybridized carbons (Fsp3) is 0.400. The Bertz CT molecular complexity index is 1290. The normalized spacial score (nSPS) is 22.6. The lowest BCUT2D eigenvalue weighted by Gasteiger charge is -2.20. The first kappa shape index (κ1) is 17.3. The molecular formula is C20H20N8O2. The summed E-state index contributed by atoms with van der Waals surface area (Å²) in [7, 11) is 1.77. The fourth-order valence-electron chi connectivity index (χ4n) is 4.54. The SMILES string of the molecule is Cc1ccc(N2C[C@@H]3C(c4noc(Cn5cnc6ncn(C)c6c5=O)n4)[C@@H]3C2)nc1. The molecule has 1 saturated carbocycles. The lowest BCUT2D eigenvalue weighted by molar-refractivity contribution is 0.363. The molecule has 0 bridgehead atoms. The van der Waals surface area contributed by atoms with Crippen LogP contribution in [0.3, 0.4) is 0 Å². The average Bonchev–Trinajstić information content (AvgIpc) is 3.16. The highest BCUT2D eigenvalue weighted by molar-refractivity contribution is 5.68. The van der Waals surface area contributed by atoms with Gasteiger partial charge in [-0.3, -0.25) is 9.36 Å². The van der Waals surface area contributed by atoms with Gasteiger partial charge in [-0.1, -0.05) is 11.2 Å². The van der Waals surface area contributed by atoms with Crippen LogP contribution in [0.1, 0.15) is 23.2 Å². The zero-order chi connectivity index (χ0) is 20.4. The summed E-state index contributed by atoms with van der Waals surface area (Å²) in [5.74, 6) is 3.54. The molecule has 6 rings (SSSR count). The molecule has 30 heavy (non-hydrogen) atoms. The van der Waals surface area contributed by atoms with Gasteiger partial charge in [0.2, 0.25) is 5.89 Å². The summed E-state index contributed by atoms with van der Waals surface area (Å²) in [5, 5.41) is 4.19. The summed E-state index contributed by atoms with van der Waals surface area (Å²) >= 11 is 0. The van der Waals surface area contributed by atoms with Gasteiger partial charge in [0.15, 0.2) is 17.0 Å². The number of aryl methyl sites for hydroxylation is 2. The maximum atomic E-state index is 12.7. The summed E-state index contributed by atoms with van der Waals surface area (Å²) in [6.45, 7) is 4.15. The van der Waals surface area contributed by atoms with Crippen molar-refractivity contribution in [2.45, 2.75) is 19.4 Å². The molecule has 10 nitrogen and oxygen atoms in total. The maximum Gasteiger partial charge on any atom is 0.280 e. The van der Waals surface area contributed by atoms with Crippen LogP contribution in [0.2, 0.25) is 0 Å². The lowest BCUT2D eigenvalue weighted by Crippen LogP contribution is -2.24. The molecule has 3 atom stereocenters. The van der Waals surface area contributed by atoms with Gasteiger partial charge in [0.1, 0.15) is 18.7 Å². The molecule has 0 N–H and O–H groups in total. The smallest absolute Gasteiger partial charge is 0.280 e. The van der Waals surface area contributed by atoms with Crippen molar-refractivity contribution >= 4 is 17.0 Å². The van der Waals surface area contributed by atoms with E-state index < -0.39 is 0 Å². The number of hydrogen-bond donors (Lipinski definition) is 0. The molecule has 4 aromatic heterocycles. The van der Waals surface area contributed by atoms with Crippen LogP contribution in [0.4, 0.5) is 5.82 Å². The summed E-state index contributed by atoms with van der Waals surface area (Å²) in [4.78, 5) is 32.4. The van der Waals surface area contributed by atoms with Crippen LogP contribution >= 0.6 is 0 Å². The Labute approximate surface area is 171 Å². The third kappa shape index (κ3) is 2.63. The Hall–Kier alpha value is -3.56. The minimum absolute atomic E-state index is 0.177. The number of piperidine rings is 1. The van der Waals surface area contributed by atoms with E-state index in [0.29, 0.717) is 34.8 Å². The second-order valence-electron chi connectivity index (χ2n) is 8.20. The second kappa shape index (κ2) is 6.22. The first-order valence-electron chi connectivity index (χ1n) is 9.95. The molecule has 1 saturated heterocycles. The molecule has 152 valence electrons. The van der Waals surface area contributed by atoms with Crippen molar-refractivity contribution in [1.29, 1.82) is 0 Å². The number of rotatable bonds is 4. The molecule has 10 heteroatoms. The zero-order valence-electron chi connectivity index (χ0n) is 16.6. The van der Waals surface area contributed by atoms with Crippen molar-refractivity contribution < 1.29 is 4.52 Å². The number of aromatic nitrogens is 7. The van der Waals surface area contributed by atoms with Crippen LogP contribution in [0, 0.1) is 18.8 Å². The average molecular weight is 404 g/mol. The van der Waals surface area contributed by atoms with E-state index in [1.54, 1.807) is 17.9 Å². The molecule has 1 aliphatic heterocycles. The summed E-state index contributed by atoms with van der Waals surface area (Å²) < 4.78 is 8.58. The van der Waals surface area contributed by atoms with Crippen LogP contribution in [0.5, 0.6) is 0 Å². The molecule has 2 aliphatic rings. The van der Waals surface area contributed by atoms with Gasteiger partial charge in [-0.25, -0.2) is 15.0 Å². The van der Waals surface area contributed by atoms with Crippen LogP contribution in [0.15, 0.2) is 40.3 Å². The highest BCUT2D eigenvalue weighted by Crippen LogP contribution is 2.57. The Kier molecular flexibility index (Phi) is 3.59. The van der Waals surface area contributed by atoms with E-state index >= 15 is 0 Å². The minimum Gasteiger partial charge on any atom is -0.356 e. The van der Waals surface area contributed by atoms with Crippen molar-refractivity contribution in [1.82, 2.24) is 34.2 Å². The topological polar surface area (TPSA) is 108 Å². The van der Waals surface area contributed by atoms with Crippen molar-refractivity contribution in [3.05, 3.63) is 58.6 Å². The molecule has 1 aliphatic carbocycles. The monoisotopic (exact) mass is 404 g/mol. The Morgan fingerprint density at radius 3 is 2.70 bits per heavy atom. The highest BCUT2D eigenvalue weighted by Gasteiger charge is 2.58. The van der Waals surface area contributed by atoms with E-state index in [1.165, 1.54) is 10.9 Å². The molecule has 2 fully saturated rings. The number of imidazole rings is 1. The number of hydrogen-bond acceptors (Lipinski definition) is 8. The largest absolute Gasteiger partial charge is 0.356 e. The van der Waals surface area contributed by atoms with Gasteiger partial charge in [0.05, 0.1) is 6.33 Å². The molecule has 0 spiro atoms. The highest BCUT2D eigenvalue weighted by atomic mass is 16.5. The standard InChI is InChI=1S/C20H20N8O2/c1-11-3-4-14(21-5-11)27-6-12-13(7-27)16(12)18-24-15(30-25-18)8-28-10-23-19-17(20(28)29)26(2)9-22-19/h3-5,9-10,12-13,16H,6-8H2,1-2H3/t12-,13+,16?. The number of nitrogens with zero attached hydrogens (tertiary/aromatic N) is 8. The van der Waals surface area contributed by atoms with E-state index in [4.69, 9.17) is 4.52 Å². The molecule has 0 aromatic carbocycles. The molecule has 0 radical (unpaired) electrons. The third-order valence-corrected chi connectivity index (χ3v) is 6.20. The first-order chi connectivity index (χ1) is 14.6. The maximum absolute atomic E-state index is 12.7. The molecular weight excluding hydrogens is 384 g/mol. The number of pyridine rings is 1. The van der Waals surface area contributed by atoms with Crippen molar-refractivity contribution in [3.63, 3.8) is 0 Å². The van der Waals surface area contributed by atoms with Crippen LogP contribution in [-0.4, -0.2) is 47.3 Å². The lowest BCUT2D eigenvalue weighted by atomic mass is 10.2. The van der Waals surface area contributed by atoms with Crippen molar-refractivity contribution in [3.8, 4) is 0 Å². The predicted molar refractivity (Wildman–Crippen MR) is 107 cm³/mol. The molecule has 4 aromatic rings. The molecule has 0 amide bonds. The van der Waals surface area contributed by atoms with Gasteiger partial charge < -0.3 is 14.0 Å². The van der Waals surface area contributed by atoms with E-state index in [1.807, 2.05) is 13.1 Å². The Balaban J connectivity index is 1.16. The van der Waals surface area contributed by atoms with Gasteiger partial charge >= 0.3 is 0 Å². The van der Waals surface area contributed by atoms with Crippen LogP contribution < -0.4 is 10.5 Å². The van der Waals surface area contributed by atoms with Gasteiger partial charge in [0.25, 0.3) is 5.56 Å². The van der Waals surface area contributed by atoms with E-state index in [9.17, 15) is 4.79 Å². The number of fused-ring (bicyclic) bond motifs is 2. The Morgan fingerprint density at radius 1 is 1.13 bits per heavy atom. The Morgan fingerprint density at radius 2 is 1.93 bits per heavy atom. The van der Waals surface area contributed by atoms with Crippen molar-refractivity contribution in [2.75, 3.05) is 18.0 Å². The van der Waals surface area contributed by atoms with Crippen molar-refractivity contribution in [2.24, 2.45) is 18.9 Å². The van der Waals surface area contributed by atoms with Gasteiger partial charge in [-0.2, -0.15) is 4.98 Å². The van der Waals surface area contributed by atoms with Gasteiger partial charge in [-0.15, -0.1) is 0 Å². The predicted octanol–water partition coefficient (Wildman–Crippen LogP) is 1.11. The first-order valence-corrected chi connectivity index (χ1v) is 9.95. The summed E-state index contributed by atoms with van der Waals surface area (Å²) in [6.07, 6.45) is 4.96. The van der Waals surface area contributed by atoms with Crippen LogP contribution in [0.25, 0.3) is 11.2 Å². The quantitative estimate of drug-likeness (QED) is 0.498. The fourth-order valence-corrected chi connectivity index (χ4v) is 4.54. The molecule has 1 unspecified atom stereocenters. The van der Waals surface area contributed by atoms with Crippen LogP contribution in [-0.2, 0) is 13.6 Å². The van der Waals surface area contributed by atoms with Gasteiger partial charge in [0, 0.05) is 32.3 Å². The second-order valence-corrected chi connectivity index (χ2v) is 8.20. The minimum atomic E-state index is -0.177. The summed E-state index contributed by atoms with van der Waals surface area (Å²) in [6, 6.07) is 4.17. The third-order valence-electron chi connectivity index (χ3n) is 6.20.